The fourth-order valence-electron chi connectivity index (χ4n) is 2.28. The second kappa shape index (κ2) is 5.61. The molecule has 0 bridgehead atoms. The van der Waals surface area contributed by atoms with Crippen molar-refractivity contribution in [2.75, 3.05) is 25.0 Å². The summed E-state index contributed by atoms with van der Waals surface area (Å²) in [6, 6.07) is 8.84. The molecular formula is C15H19N3O2. The molecule has 0 aliphatic carbocycles. The summed E-state index contributed by atoms with van der Waals surface area (Å²) >= 11 is 0. The van der Waals surface area contributed by atoms with Gasteiger partial charge < -0.3 is 10.4 Å². The Morgan fingerprint density at radius 2 is 2.25 bits per heavy atom. The van der Waals surface area contributed by atoms with E-state index in [0.717, 1.165) is 0 Å². The van der Waals surface area contributed by atoms with E-state index in [4.69, 9.17) is 5.26 Å². The number of carbonyl (C=O) groups excluding carboxylic acids is 1. The number of benzene rings is 1. The lowest BCUT2D eigenvalue weighted by Crippen LogP contribution is -2.65. The zero-order valence-electron chi connectivity index (χ0n) is 11.8. The highest BCUT2D eigenvalue weighted by molar-refractivity contribution is 5.92. The molecule has 1 saturated heterocycles. The number of likely N-dealkylation sites (tertiary alicyclic amines) is 1. The van der Waals surface area contributed by atoms with Crippen molar-refractivity contribution in [1.82, 2.24) is 4.90 Å². The van der Waals surface area contributed by atoms with Crippen LogP contribution >= 0.6 is 0 Å². The zero-order valence-corrected chi connectivity index (χ0v) is 11.8. The van der Waals surface area contributed by atoms with Gasteiger partial charge in [0.2, 0.25) is 5.91 Å². The number of amides is 1. The highest BCUT2D eigenvalue weighted by Crippen LogP contribution is 2.28. The quantitative estimate of drug-likeness (QED) is 0.864. The van der Waals surface area contributed by atoms with Crippen LogP contribution < -0.4 is 5.32 Å². The van der Waals surface area contributed by atoms with Gasteiger partial charge in [-0.1, -0.05) is 19.9 Å². The van der Waals surface area contributed by atoms with Gasteiger partial charge in [-0.05, 0) is 24.1 Å². The highest BCUT2D eigenvalue weighted by Gasteiger charge is 2.43. The maximum atomic E-state index is 11.9. The van der Waals surface area contributed by atoms with Crippen molar-refractivity contribution in [3.05, 3.63) is 29.8 Å². The number of β-amino-alcohol motifs (C(OH)–C–C–N with tert-alkyl or cyclic N) is 1. The lowest BCUT2D eigenvalue weighted by molar-refractivity contribution is -0.139. The van der Waals surface area contributed by atoms with E-state index in [-0.39, 0.29) is 18.4 Å². The Kier molecular flexibility index (Phi) is 4.07. The molecule has 2 rings (SSSR count). The van der Waals surface area contributed by atoms with E-state index in [2.05, 4.69) is 5.32 Å². The molecule has 5 heteroatoms. The van der Waals surface area contributed by atoms with Crippen molar-refractivity contribution >= 4 is 11.6 Å². The SMILES string of the molecule is CC(C)C1(O)CN(CC(=O)Nc2cccc(C#N)c2)C1. The van der Waals surface area contributed by atoms with Crippen LogP contribution in [0.4, 0.5) is 5.69 Å². The lowest BCUT2D eigenvalue weighted by atomic mass is 9.83. The molecule has 5 nitrogen and oxygen atoms in total. The van der Waals surface area contributed by atoms with Gasteiger partial charge in [-0.3, -0.25) is 9.69 Å². The van der Waals surface area contributed by atoms with Crippen molar-refractivity contribution in [3.8, 4) is 6.07 Å². The third kappa shape index (κ3) is 3.16. The number of aliphatic hydroxyl groups is 1. The summed E-state index contributed by atoms with van der Waals surface area (Å²) in [5.41, 5.74) is 0.468. The Bertz CT molecular complexity index is 542. The molecular weight excluding hydrogens is 254 g/mol. The highest BCUT2D eigenvalue weighted by atomic mass is 16.3. The monoisotopic (exact) mass is 273 g/mol. The fourth-order valence-corrected chi connectivity index (χ4v) is 2.28. The van der Waals surface area contributed by atoms with Crippen LogP contribution in [-0.2, 0) is 4.79 Å². The van der Waals surface area contributed by atoms with Gasteiger partial charge in [-0.2, -0.15) is 5.26 Å². The lowest BCUT2D eigenvalue weighted by Gasteiger charge is -2.48. The number of hydrogen-bond acceptors (Lipinski definition) is 4. The normalized spacial score (nSPS) is 17.4. The van der Waals surface area contributed by atoms with Crippen LogP contribution in [0.15, 0.2) is 24.3 Å². The molecule has 2 N–H and O–H groups in total. The van der Waals surface area contributed by atoms with Gasteiger partial charge in [-0.25, -0.2) is 0 Å². The van der Waals surface area contributed by atoms with Crippen LogP contribution in [0, 0.1) is 17.2 Å². The summed E-state index contributed by atoms with van der Waals surface area (Å²) in [4.78, 5) is 13.8. The molecule has 0 saturated carbocycles. The van der Waals surface area contributed by atoms with Crippen LogP contribution in [0.5, 0.6) is 0 Å². The minimum Gasteiger partial charge on any atom is -0.387 e. The zero-order chi connectivity index (χ0) is 14.8. The van der Waals surface area contributed by atoms with Crippen LogP contribution in [0.2, 0.25) is 0 Å². The first-order chi connectivity index (χ1) is 9.43. The molecule has 106 valence electrons. The molecule has 1 amide bonds. The maximum absolute atomic E-state index is 11.9. The van der Waals surface area contributed by atoms with Crippen LogP contribution in [0.1, 0.15) is 19.4 Å². The molecule has 20 heavy (non-hydrogen) atoms. The van der Waals surface area contributed by atoms with E-state index < -0.39 is 5.60 Å². The molecule has 0 aromatic heterocycles. The molecule has 0 atom stereocenters. The standard InChI is InChI=1S/C15H19N3O2/c1-11(2)15(20)9-18(10-15)8-14(19)17-13-5-3-4-12(6-13)7-16/h3-6,11,20H,8-10H2,1-2H3,(H,17,19). The minimum absolute atomic E-state index is 0.133. The number of carbonyl (C=O) groups is 1. The van der Waals surface area contributed by atoms with E-state index in [0.29, 0.717) is 24.3 Å². The largest absolute Gasteiger partial charge is 0.387 e. The summed E-state index contributed by atoms with van der Waals surface area (Å²) in [5, 5.41) is 21.7. The number of nitrogens with zero attached hydrogens (tertiary/aromatic N) is 2. The van der Waals surface area contributed by atoms with Gasteiger partial charge in [0.25, 0.3) is 0 Å². The van der Waals surface area contributed by atoms with Gasteiger partial charge in [0.1, 0.15) is 0 Å². The Hall–Kier alpha value is -1.90. The second-order valence-corrected chi connectivity index (χ2v) is 5.64. The van der Waals surface area contributed by atoms with Crippen molar-refractivity contribution in [2.24, 2.45) is 5.92 Å². The van der Waals surface area contributed by atoms with Gasteiger partial charge in [-0.15, -0.1) is 0 Å². The predicted molar refractivity (Wildman–Crippen MR) is 76.0 cm³/mol. The summed E-state index contributed by atoms with van der Waals surface area (Å²) in [5.74, 6) is 0.0556. The molecule has 1 aromatic rings. The molecule has 0 radical (unpaired) electrons. The van der Waals surface area contributed by atoms with Gasteiger partial charge in [0.15, 0.2) is 0 Å². The molecule has 1 aromatic carbocycles. The fraction of sp³-hybridized carbons (Fsp3) is 0.467. The second-order valence-electron chi connectivity index (χ2n) is 5.64. The van der Waals surface area contributed by atoms with E-state index in [1.165, 1.54) is 0 Å². The van der Waals surface area contributed by atoms with Crippen LogP contribution in [-0.4, -0.2) is 41.1 Å². The first-order valence-electron chi connectivity index (χ1n) is 6.68. The van der Waals surface area contributed by atoms with Gasteiger partial charge in [0.05, 0.1) is 23.8 Å². The van der Waals surface area contributed by atoms with Gasteiger partial charge in [0, 0.05) is 18.8 Å². The smallest absolute Gasteiger partial charge is 0.238 e. The molecule has 0 spiro atoms. The first kappa shape index (κ1) is 14.5. The topological polar surface area (TPSA) is 76.4 Å². The predicted octanol–water partition coefficient (Wildman–Crippen LogP) is 1.20. The third-order valence-electron chi connectivity index (χ3n) is 3.71. The van der Waals surface area contributed by atoms with E-state index >= 15 is 0 Å². The molecule has 1 aliphatic heterocycles. The van der Waals surface area contributed by atoms with Crippen LogP contribution in [0.3, 0.4) is 0 Å². The minimum atomic E-state index is -0.666. The average molecular weight is 273 g/mol. The first-order valence-corrected chi connectivity index (χ1v) is 6.68. The van der Waals surface area contributed by atoms with Crippen molar-refractivity contribution in [3.63, 3.8) is 0 Å². The average Bonchev–Trinajstić information content (AvgIpc) is 2.36. The summed E-state index contributed by atoms with van der Waals surface area (Å²) < 4.78 is 0. The van der Waals surface area contributed by atoms with Crippen molar-refractivity contribution < 1.29 is 9.90 Å². The van der Waals surface area contributed by atoms with E-state index in [9.17, 15) is 9.90 Å². The Balaban J connectivity index is 1.84. The molecule has 1 heterocycles. The summed E-state index contributed by atoms with van der Waals surface area (Å²) in [6.07, 6.45) is 0. The van der Waals surface area contributed by atoms with Crippen molar-refractivity contribution in [1.29, 1.82) is 5.26 Å². The number of nitriles is 1. The number of nitrogens with one attached hydrogen (secondary N) is 1. The van der Waals surface area contributed by atoms with Crippen molar-refractivity contribution in [2.45, 2.75) is 19.4 Å². The third-order valence-corrected chi connectivity index (χ3v) is 3.71. The van der Waals surface area contributed by atoms with E-state index in [1.807, 2.05) is 24.8 Å². The Labute approximate surface area is 118 Å². The molecule has 1 aliphatic rings. The number of anilines is 1. The van der Waals surface area contributed by atoms with Gasteiger partial charge >= 0.3 is 0 Å². The number of rotatable bonds is 4. The summed E-state index contributed by atoms with van der Waals surface area (Å²) in [7, 11) is 0. The summed E-state index contributed by atoms with van der Waals surface area (Å²) in [6.45, 7) is 5.26. The van der Waals surface area contributed by atoms with Crippen LogP contribution in [0.25, 0.3) is 0 Å². The Morgan fingerprint density at radius 1 is 1.55 bits per heavy atom. The Morgan fingerprint density at radius 3 is 2.85 bits per heavy atom. The molecule has 1 fully saturated rings. The number of hydrogen-bond donors (Lipinski definition) is 2. The molecule has 0 unspecified atom stereocenters. The van der Waals surface area contributed by atoms with E-state index in [1.54, 1.807) is 24.3 Å². The maximum Gasteiger partial charge on any atom is 0.238 e.